The zero-order valence-electron chi connectivity index (χ0n) is 10.1. The first-order valence-electron chi connectivity index (χ1n) is 5.57. The van der Waals surface area contributed by atoms with Gasteiger partial charge in [0, 0.05) is 0 Å². The fraction of sp³-hybridized carbons (Fsp3) is 0.0909. The van der Waals surface area contributed by atoms with Gasteiger partial charge in [-0.1, -0.05) is 12.1 Å². The van der Waals surface area contributed by atoms with E-state index in [1.807, 2.05) is 31.2 Å². The van der Waals surface area contributed by atoms with Gasteiger partial charge in [-0.15, -0.1) is 15.3 Å². The van der Waals surface area contributed by atoms with Crippen LogP contribution in [0.15, 0.2) is 48.3 Å². The Morgan fingerprint density at radius 2 is 1.74 bits per heavy atom. The second-order valence-electron chi connectivity index (χ2n) is 3.83. The number of hydrogen-bond acceptors (Lipinski definition) is 6. The van der Waals surface area contributed by atoms with Crippen LogP contribution >= 0.6 is 0 Å². The molecule has 8 nitrogen and oxygen atoms in total. The third-order valence-corrected chi connectivity index (χ3v) is 2.57. The predicted octanol–water partition coefficient (Wildman–Crippen LogP) is 0.526. The Labute approximate surface area is 108 Å². The quantitative estimate of drug-likeness (QED) is 0.636. The van der Waals surface area contributed by atoms with E-state index in [2.05, 4.69) is 30.8 Å². The molecule has 0 amide bonds. The monoisotopic (exact) mass is 254 g/mol. The maximum absolute atomic E-state index is 4.34. The van der Waals surface area contributed by atoms with Crippen LogP contribution in [0.2, 0.25) is 0 Å². The smallest absolute Gasteiger partial charge is 0.143 e. The molecule has 0 fully saturated rings. The Morgan fingerprint density at radius 1 is 1.00 bits per heavy atom. The highest BCUT2D eigenvalue weighted by Crippen LogP contribution is 2.09. The summed E-state index contributed by atoms with van der Waals surface area (Å²) < 4.78 is 3.15. The highest BCUT2D eigenvalue weighted by molar-refractivity contribution is 5.98. The third-order valence-electron chi connectivity index (χ3n) is 2.57. The molecule has 0 aliphatic rings. The van der Waals surface area contributed by atoms with Crippen molar-refractivity contribution in [3.8, 4) is 5.69 Å². The van der Waals surface area contributed by atoms with Gasteiger partial charge in [0.25, 0.3) is 0 Å². The van der Waals surface area contributed by atoms with E-state index in [9.17, 15) is 0 Å². The number of nitrogens with zero attached hydrogens (tertiary/aromatic N) is 8. The van der Waals surface area contributed by atoms with Gasteiger partial charge < -0.3 is 0 Å². The van der Waals surface area contributed by atoms with Gasteiger partial charge >= 0.3 is 0 Å². The van der Waals surface area contributed by atoms with Crippen molar-refractivity contribution in [2.45, 2.75) is 6.92 Å². The largest absolute Gasteiger partial charge is 0.207 e. The van der Waals surface area contributed by atoms with Crippen molar-refractivity contribution in [2.75, 3.05) is 0 Å². The van der Waals surface area contributed by atoms with E-state index in [0.717, 1.165) is 17.0 Å². The van der Waals surface area contributed by atoms with E-state index in [1.54, 1.807) is 28.3 Å². The second kappa shape index (κ2) is 4.77. The summed E-state index contributed by atoms with van der Waals surface area (Å²) in [6, 6.07) is 7.77. The molecule has 0 radical (unpaired) electrons. The van der Waals surface area contributed by atoms with Crippen molar-refractivity contribution < 1.29 is 0 Å². The lowest BCUT2D eigenvalue weighted by Gasteiger charge is -2.03. The predicted molar refractivity (Wildman–Crippen MR) is 66.8 cm³/mol. The molecule has 94 valence electrons. The van der Waals surface area contributed by atoms with Gasteiger partial charge in [-0.05, 0) is 35.0 Å². The summed E-state index contributed by atoms with van der Waals surface area (Å²) in [5.41, 5.74) is 2.76. The molecule has 8 heteroatoms. The van der Waals surface area contributed by atoms with E-state index in [0.29, 0.717) is 0 Å². The van der Waals surface area contributed by atoms with Crippen LogP contribution in [0, 0.1) is 0 Å². The van der Waals surface area contributed by atoms with Crippen LogP contribution in [-0.4, -0.2) is 40.8 Å². The van der Waals surface area contributed by atoms with Crippen LogP contribution in [0.1, 0.15) is 12.5 Å². The molecular formula is C11H10N8. The van der Waals surface area contributed by atoms with E-state index < -0.39 is 0 Å². The Kier molecular flexibility index (Phi) is 2.81. The molecule has 3 aromatic rings. The maximum Gasteiger partial charge on any atom is 0.143 e. The molecule has 1 aromatic carbocycles. The number of hydrogen-bond donors (Lipinski definition) is 0. The highest BCUT2D eigenvalue weighted by atomic mass is 15.5. The lowest BCUT2D eigenvalue weighted by Crippen LogP contribution is -2.00. The van der Waals surface area contributed by atoms with Crippen molar-refractivity contribution >= 4 is 5.71 Å². The molecule has 3 rings (SSSR count). The molecule has 0 saturated carbocycles. The molecular weight excluding hydrogens is 244 g/mol. The summed E-state index contributed by atoms with van der Waals surface area (Å²) in [6.07, 6.45) is 4.63. The van der Waals surface area contributed by atoms with Gasteiger partial charge in [0.15, 0.2) is 0 Å². The van der Waals surface area contributed by atoms with E-state index in [-0.39, 0.29) is 0 Å². The minimum Gasteiger partial charge on any atom is -0.207 e. The molecule has 0 saturated heterocycles. The van der Waals surface area contributed by atoms with Gasteiger partial charge in [0.2, 0.25) is 0 Å². The van der Waals surface area contributed by atoms with Crippen LogP contribution in [0.25, 0.3) is 5.69 Å². The van der Waals surface area contributed by atoms with Crippen molar-refractivity contribution in [3.05, 3.63) is 48.8 Å². The third kappa shape index (κ3) is 2.37. The summed E-state index contributed by atoms with van der Waals surface area (Å²) >= 11 is 0. The molecule has 0 unspecified atom stereocenters. The first kappa shape index (κ1) is 11.2. The topological polar surface area (TPSA) is 86.7 Å². The maximum atomic E-state index is 4.34. The Morgan fingerprint density at radius 3 is 2.37 bits per heavy atom. The van der Waals surface area contributed by atoms with Gasteiger partial charge in [0.05, 0.1) is 11.4 Å². The molecule has 0 spiro atoms. The average Bonchev–Trinajstić information content (AvgIpc) is 3.12. The average molecular weight is 254 g/mol. The zero-order valence-corrected chi connectivity index (χ0v) is 10.1. The molecule has 0 atom stereocenters. The van der Waals surface area contributed by atoms with Crippen molar-refractivity contribution in [1.82, 2.24) is 35.1 Å². The first-order valence-corrected chi connectivity index (χ1v) is 5.57. The van der Waals surface area contributed by atoms with Crippen LogP contribution in [0.4, 0.5) is 0 Å². The summed E-state index contributed by atoms with van der Waals surface area (Å²) in [6.45, 7) is 1.92. The number of aromatic nitrogens is 7. The molecule has 0 N–H and O–H groups in total. The SMILES string of the molecule is C/C(=N/n1cnnc1)c1ccc(-n2cnnn2)cc1. The van der Waals surface area contributed by atoms with Crippen molar-refractivity contribution in [2.24, 2.45) is 5.10 Å². The molecule has 0 bridgehead atoms. The molecule has 2 heterocycles. The van der Waals surface area contributed by atoms with Crippen LogP contribution in [-0.2, 0) is 0 Å². The number of tetrazole rings is 1. The molecule has 0 aliphatic carbocycles. The lowest BCUT2D eigenvalue weighted by atomic mass is 10.1. The minimum atomic E-state index is 0.864. The molecule has 0 aliphatic heterocycles. The normalized spacial score (nSPS) is 11.7. The zero-order chi connectivity index (χ0) is 13.1. The first-order chi connectivity index (χ1) is 9.33. The van der Waals surface area contributed by atoms with Gasteiger partial charge in [0.1, 0.15) is 19.0 Å². The number of benzene rings is 1. The minimum absolute atomic E-state index is 0.864. The van der Waals surface area contributed by atoms with E-state index >= 15 is 0 Å². The lowest BCUT2D eigenvalue weighted by molar-refractivity contribution is 0.789. The van der Waals surface area contributed by atoms with Gasteiger partial charge in [-0.25, -0.2) is 9.36 Å². The van der Waals surface area contributed by atoms with Crippen LogP contribution in [0.3, 0.4) is 0 Å². The van der Waals surface area contributed by atoms with Crippen LogP contribution in [0.5, 0.6) is 0 Å². The highest BCUT2D eigenvalue weighted by Gasteiger charge is 2.01. The summed E-state index contributed by atoms with van der Waals surface area (Å²) in [7, 11) is 0. The molecule has 19 heavy (non-hydrogen) atoms. The Bertz CT molecular complexity index is 666. The summed E-state index contributed by atoms with van der Waals surface area (Å²) in [5, 5.41) is 22.8. The standard InChI is InChI=1S/C11H10N8/c1-9(15-18-6-12-13-7-18)10-2-4-11(5-3-10)19-8-14-16-17-19/h2-8H,1H3/b15-9-. The summed E-state index contributed by atoms with van der Waals surface area (Å²) in [5.74, 6) is 0. The van der Waals surface area contributed by atoms with E-state index in [4.69, 9.17) is 0 Å². The summed E-state index contributed by atoms with van der Waals surface area (Å²) in [4.78, 5) is 0. The van der Waals surface area contributed by atoms with E-state index in [1.165, 1.54) is 0 Å². The number of rotatable bonds is 3. The Balaban J connectivity index is 1.87. The van der Waals surface area contributed by atoms with Gasteiger partial charge in [-0.2, -0.15) is 5.10 Å². The van der Waals surface area contributed by atoms with Crippen LogP contribution < -0.4 is 0 Å². The van der Waals surface area contributed by atoms with Gasteiger partial charge in [-0.3, -0.25) is 0 Å². The fourth-order valence-corrected chi connectivity index (χ4v) is 1.61. The fourth-order valence-electron chi connectivity index (χ4n) is 1.61. The van der Waals surface area contributed by atoms with Crippen molar-refractivity contribution in [3.63, 3.8) is 0 Å². The second-order valence-corrected chi connectivity index (χ2v) is 3.83. The molecule has 2 aromatic heterocycles. The Hall–Kier alpha value is -2.90. The van der Waals surface area contributed by atoms with Crippen molar-refractivity contribution in [1.29, 1.82) is 0 Å².